The van der Waals surface area contributed by atoms with Crippen LogP contribution in [0.2, 0.25) is 5.02 Å². The number of amides is 1. The van der Waals surface area contributed by atoms with Gasteiger partial charge in [-0.3, -0.25) is 4.79 Å². The number of halogens is 2. The average Bonchev–Trinajstić information content (AvgIpc) is 3.44. The molecule has 2 aromatic carbocycles. The molecule has 2 aromatic heterocycles. The molecule has 14 heteroatoms. The summed E-state index contributed by atoms with van der Waals surface area (Å²) in [5.41, 5.74) is 9.68. The minimum Gasteiger partial charge on any atom is -0.489 e. The standard InChI is InChI=1S/C22H21ClFN9O3/c1-32(2)11-18-19(27-31-33(18)21-20(25)29-36-30-21)22(34)28-26-10-13-6-8-14(9-7-13)35-12-15-16(23)4-3-5-17(15)24/h3-10H,11-12H2,1-2H3,(H2,25,29)(H,28,34)/p+1/b26-10-. The fourth-order valence-corrected chi connectivity index (χ4v) is 3.39. The number of ether oxygens (including phenoxy) is 1. The van der Waals surface area contributed by atoms with Crippen LogP contribution in [0.15, 0.2) is 52.2 Å². The number of nitrogen functional groups attached to an aromatic ring is 1. The lowest BCUT2D eigenvalue weighted by Gasteiger charge is -2.09. The number of rotatable bonds is 9. The summed E-state index contributed by atoms with van der Waals surface area (Å²) in [6.07, 6.45) is 1.45. The summed E-state index contributed by atoms with van der Waals surface area (Å²) < 4.78 is 25.4. The van der Waals surface area contributed by atoms with E-state index in [2.05, 4.69) is 35.8 Å². The smallest absolute Gasteiger partial charge is 0.294 e. The van der Waals surface area contributed by atoms with Gasteiger partial charge in [-0.05, 0) is 52.3 Å². The molecule has 0 fully saturated rings. The highest BCUT2D eigenvalue weighted by Gasteiger charge is 2.25. The first-order chi connectivity index (χ1) is 17.3. The van der Waals surface area contributed by atoms with Crippen molar-refractivity contribution in [1.82, 2.24) is 30.7 Å². The fraction of sp³-hybridized carbons (Fsp3) is 0.182. The number of quaternary nitrogens is 1. The van der Waals surface area contributed by atoms with Crippen molar-refractivity contribution in [1.29, 1.82) is 0 Å². The summed E-state index contributed by atoms with van der Waals surface area (Å²) in [7, 11) is 3.81. The Hall–Kier alpha value is -4.36. The molecule has 0 aliphatic carbocycles. The second-order valence-electron chi connectivity index (χ2n) is 7.91. The summed E-state index contributed by atoms with van der Waals surface area (Å²) in [5, 5.41) is 19.5. The quantitative estimate of drug-likeness (QED) is 0.221. The van der Waals surface area contributed by atoms with Gasteiger partial charge < -0.3 is 15.4 Å². The van der Waals surface area contributed by atoms with Crippen LogP contribution in [0.4, 0.5) is 10.2 Å². The molecule has 1 amide bonds. The van der Waals surface area contributed by atoms with Gasteiger partial charge >= 0.3 is 0 Å². The molecule has 0 unspecified atom stereocenters. The Morgan fingerprint density at radius 3 is 2.72 bits per heavy atom. The van der Waals surface area contributed by atoms with E-state index in [-0.39, 0.29) is 29.5 Å². The highest BCUT2D eigenvalue weighted by atomic mass is 35.5. The summed E-state index contributed by atoms with van der Waals surface area (Å²) in [6, 6.07) is 11.3. The Kier molecular flexibility index (Phi) is 7.51. The first kappa shape index (κ1) is 24.8. The maximum Gasteiger partial charge on any atom is 0.294 e. The molecular formula is C22H22ClFN9O3+. The van der Waals surface area contributed by atoms with E-state index in [4.69, 9.17) is 22.1 Å². The maximum atomic E-state index is 13.9. The SMILES string of the molecule is C[NH+](C)Cc1c(C(=O)N/N=C\c2ccc(OCc3c(F)cccc3Cl)cc2)nnn1-c1nonc1N. The van der Waals surface area contributed by atoms with E-state index in [1.54, 1.807) is 30.3 Å². The van der Waals surface area contributed by atoms with Gasteiger partial charge in [-0.15, -0.1) is 5.10 Å². The van der Waals surface area contributed by atoms with Crippen molar-refractivity contribution in [2.45, 2.75) is 13.2 Å². The molecule has 0 aliphatic rings. The third-order valence-corrected chi connectivity index (χ3v) is 5.25. The molecule has 0 atom stereocenters. The van der Waals surface area contributed by atoms with Crippen LogP contribution in [0, 0.1) is 5.82 Å². The summed E-state index contributed by atoms with van der Waals surface area (Å²) >= 11 is 6.02. The Balaban J connectivity index is 1.40. The molecule has 0 spiro atoms. The summed E-state index contributed by atoms with van der Waals surface area (Å²) in [4.78, 5) is 13.7. The van der Waals surface area contributed by atoms with Gasteiger partial charge in [-0.25, -0.2) is 14.4 Å². The molecule has 0 bridgehead atoms. The molecule has 0 saturated carbocycles. The van der Waals surface area contributed by atoms with Gasteiger partial charge in [0.15, 0.2) is 5.69 Å². The summed E-state index contributed by atoms with van der Waals surface area (Å²) in [5.74, 6) is -0.321. The van der Waals surface area contributed by atoms with Crippen molar-refractivity contribution in [2.75, 3.05) is 19.8 Å². The minimum atomic E-state index is -0.564. The van der Waals surface area contributed by atoms with Gasteiger partial charge in [0.2, 0.25) is 11.6 Å². The predicted molar refractivity (Wildman–Crippen MR) is 127 cm³/mol. The summed E-state index contributed by atoms with van der Waals surface area (Å²) in [6.45, 7) is 0.383. The van der Waals surface area contributed by atoms with Crippen molar-refractivity contribution < 1.29 is 23.5 Å². The van der Waals surface area contributed by atoms with Crippen LogP contribution in [-0.2, 0) is 13.2 Å². The highest BCUT2D eigenvalue weighted by molar-refractivity contribution is 6.31. The van der Waals surface area contributed by atoms with Crippen LogP contribution in [0.25, 0.3) is 5.82 Å². The number of hydrogen-bond acceptors (Lipinski definition) is 9. The van der Waals surface area contributed by atoms with E-state index in [1.807, 2.05) is 14.1 Å². The monoisotopic (exact) mass is 514 g/mol. The highest BCUT2D eigenvalue weighted by Crippen LogP contribution is 2.21. The number of carbonyl (C=O) groups is 1. The van der Waals surface area contributed by atoms with Crippen LogP contribution in [0.5, 0.6) is 5.75 Å². The number of aromatic nitrogens is 5. The van der Waals surface area contributed by atoms with E-state index < -0.39 is 11.7 Å². The molecule has 0 saturated heterocycles. The molecule has 186 valence electrons. The first-order valence-corrected chi connectivity index (χ1v) is 11.0. The van der Waals surface area contributed by atoms with E-state index in [0.29, 0.717) is 28.6 Å². The second-order valence-corrected chi connectivity index (χ2v) is 8.32. The van der Waals surface area contributed by atoms with Crippen molar-refractivity contribution >= 4 is 29.5 Å². The Morgan fingerprint density at radius 1 is 1.28 bits per heavy atom. The van der Waals surface area contributed by atoms with Crippen LogP contribution in [-0.4, -0.2) is 51.5 Å². The number of nitrogens with two attached hydrogens (primary N) is 1. The number of hydrogen-bond donors (Lipinski definition) is 3. The van der Waals surface area contributed by atoms with Crippen LogP contribution >= 0.6 is 11.6 Å². The Labute approximate surface area is 209 Å². The molecule has 4 aromatic rings. The largest absolute Gasteiger partial charge is 0.489 e. The number of nitrogens with one attached hydrogen (secondary N) is 2. The molecule has 2 heterocycles. The van der Waals surface area contributed by atoms with Crippen LogP contribution in [0.3, 0.4) is 0 Å². The van der Waals surface area contributed by atoms with Gasteiger partial charge in [-0.2, -0.15) is 9.78 Å². The third-order valence-electron chi connectivity index (χ3n) is 4.90. The zero-order valence-corrected chi connectivity index (χ0v) is 20.0. The molecular weight excluding hydrogens is 493 g/mol. The van der Waals surface area contributed by atoms with Crippen molar-refractivity contribution in [3.05, 3.63) is 75.8 Å². The average molecular weight is 515 g/mol. The van der Waals surface area contributed by atoms with E-state index >= 15 is 0 Å². The molecule has 4 N–H and O–H groups in total. The van der Waals surface area contributed by atoms with Crippen molar-refractivity contribution in [2.24, 2.45) is 5.10 Å². The lowest BCUT2D eigenvalue weighted by molar-refractivity contribution is -0.873. The fourth-order valence-electron chi connectivity index (χ4n) is 3.17. The van der Waals surface area contributed by atoms with Gasteiger partial charge in [0.25, 0.3) is 5.91 Å². The van der Waals surface area contributed by atoms with Gasteiger partial charge in [0.1, 0.15) is 30.4 Å². The Morgan fingerprint density at radius 2 is 2.06 bits per heavy atom. The molecule has 12 nitrogen and oxygen atoms in total. The molecule has 36 heavy (non-hydrogen) atoms. The van der Waals surface area contributed by atoms with Gasteiger partial charge in [0.05, 0.1) is 25.3 Å². The van der Waals surface area contributed by atoms with Crippen LogP contribution < -0.4 is 20.8 Å². The van der Waals surface area contributed by atoms with E-state index in [9.17, 15) is 9.18 Å². The molecule has 4 rings (SSSR count). The van der Waals surface area contributed by atoms with Crippen molar-refractivity contribution in [3.63, 3.8) is 0 Å². The van der Waals surface area contributed by atoms with Crippen molar-refractivity contribution in [3.8, 4) is 11.6 Å². The second kappa shape index (κ2) is 10.9. The number of benzene rings is 2. The lowest BCUT2D eigenvalue weighted by atomic mass is 10.2. The number of carbonyl (C=O) groups excluding carboxylic acids is 1. The first-order valence-electron chi connectivity index (χ1n) is 10.6. The maximum absolute atomic E-state index is 13.9. The van der Waals surface area contributed by atoms with Gasteiger partial charge in [0, 0.05) is 5.56 Å². The number of hydrazone groups is 1. The normalized spacial score (nSPS) is 11.4. The number of nitrogens with zero attached hydrogens (tertiary/aromatic N) is 6. The topological polar surface area (TPSA) is 151 Å². The van der Waals surface area contributed by atoms with E-state index in [0.717, 1.165) is 4.90 Å². The third kappa shape index (κ3) is 5.64. The van der Waals surface area contributed by atoms with E-state index in [1.165, 1.54) is 23.0 Å². The van der Waals surface area contributed by atoms with Crippen LogP contribution in [0.1, 0.15) is 27.3 Å². The Bertz CT molecular complexity index is 1370. The number of anilines is 1. The molecule has 0 aliphatic heterocycles. The predicted octanol–water partition coefficient (Wildman–Crippen LogP) is 1.01. The van der Waals surface area contributed by atoms with Gasteiger partial charge in [-0.1, -0.05) is 22.9 Å². The minimum absolute atomic E-state index is 0.0112. The lowest BCUT2D eigenvalue weighted by Crippen LogP contribution is -3.04. The zero-order chi connectivity index (χ0) is 25.7. The molecule has 0 radical (unpaired) electrons. The zero-order valence-electron chi connectivity index (χ0n) is 19.3.